The summed E-state index contributed by atoms with van der Waals surface area (Å²) in [6.45, 7) is 3.96. The third-order valence-electron chi connectivity index (χ3n) is 3.82. The van der Waals surface area contributed by atoms with Crippen LogP contribution in [0.2, 0.25) is 0 Å². The maximum atomic E-state index is 11.6. The lowest BCUT2D eigenvalue weighted by molar-refractivity contribution is -0.135. The zero-order valence-corrected chi connectivity index (χ0v) is 14.3. The third-order valence-corrected chi connectivity index (χ3v) is 4.31. The van der Waals surface area contributed by atoms with Crippen LogP contribution in [0, 0.1) is 0 Å². The molecule has 0 aliphatic carbocycles. The van der Waals surface area contributed by atoms with E-state index in [1.807, 2.05) is 6.08 Å². The van der Waals surface area contributed by atoms with Gasteiger partial charge in [0.05, 0.1) is 7.11 Å². The van der Waals surface area contributed by atoms with Crippen molar-refractivity contribution in [2.75, 3.05) is 25.1 Å². The molecule has 0 atom stereocenters. The van der Waals surface area contributed by atoms with Crippen LogP contribution >= 0.6 is 15.9 Å². The van der Waals surface area contributed by atoms with Crippen LogP contribution in [0.5, 0.6) is 0 Å². The fraction of sp³-hybridized carbons (Fsp3) is 0.471. The summed E-state index contributed by atoms with van der Waals surface area (Å²) in [4.78, 5) is 14.1. The van der Waals surface area contributed by atoms with Crippen molar-refractivity contribution in [1.29, 1.82) is 0 Å². The van der Waals surface area contributed by atoms with Crippen LogP contribution in [-0.4, -0.2) is 26.2 Å². The maximum Gasteiger partial charge on any atom is 0.333 e. The van der Waals surface area contributed by atoms with E-state index < -0.39 is 0 Å². The molecule has 0 unspecified atom stereocenters. The first kappa shape index (κ1) is 16.1. The summed E-state index contributed by atoms with van der Waals surface area (Å²) in [5.41, 5.74) is 2.88. The van der Waals surface area contributed by atoms with Crippen molar-refractivity contribution >= 4 is 33.7 Å². The van der Waals surface area contributed by atoms with E-state index in [1.165, 1.54) is 38.5 Å². The van der Waals surface area contributed by atoms with Gasteiger partial charge in [-0.1, -0.05) is 28.8 Å². The number of esters is 1. The zero-order chi connectivity index (χ0) is 15.2. The van der Waals surface area contributed by atoms with Crippen molar-refractivity contribution in [3.05, 3.63) is 33.8 Å². The summed E-state index contributed by atoms with van der Waals surface area (Å²) < 4.78 is 5.81. The van der Waals surface area contributed by atoms with Gasteiger partial charge in [-0.3, -0.25) is 0 Å². The van der Waals surface area contributed by atoms with Crippen molar-refractivity contribution < 1.29 is 9.53 Å². The molecule has 0 bridgehead atoms. The Labute approximate surface area is 135 Å². The molecule has 21 heavy (non-hydrogen) atoms. The zero-order valence-electron chi connectivity index (χ0n) is 12.7. The Morgan fingerprint density at radius 2 is 1.90 bits per heavy atom. The monoisotopic (exact) mass is 351 g/mol. The molecule has 1 aromatic carbocycles. The topological polar surface area (TPSA) is 29.5 Å². The van der Waals surface area contributed by atoms with Gasteiger partial charge in [-0.2, -0.15) is 0 Å². The Balaban J connectivity index is 2.35. The first-order valence-electron chi connectivity index (χ1n) is 7.43. The minimum absolute atomic E-state index is 0.281. The van der Waals surface area contributed by atoms with Gasteiger partial charge in [-0.15, -0.1) is 0 Å². The van der Waals surface area contributed by atoms with E-state index in [2.05, 4.69) is 39.0 Å². The molecule has 1 fully saturated rings. The van der Waals surface area contributed by atoms with E-state index in [9.17, 15) is 4.79 Å². The van der Waals surface area contributed by atoms with Crippen LogP contribution < -0.4 is 4.90 Å². The molecule has 0 aromatic heterocycles. The molecule has 1 aromatic rings. The predicted molar refractivity (Wildman–Crippen MR) is 90.5 cm³/mol. The number of carbonyl (C=O) groups is 1. The van der Waals surface area contributed by atoms with Gasteiger partial charge in [-0.25, -0.2) is 4.79 Å². The minimum Gasteiger partial charge on any atom is -0.466 e. The van der Waals surface area contributed by atoms with Gasteiger partial charge >= 0.3 is 5.97 Å². The molecule has 0 N–H and O–H groups in total. The fourth-order valence-corrected chi connectivity index (χ4v) is 3.07. The van der Waals surface area contributed by atoms with Crippen LogP contribution in [0.15, 0.2) is 28.2 Å². The van der Waals surface area contributed by atoms with Gasteiger partial charge < -0.3 is 9.64 Å². The van der Waals surface area contributed by atoms with E-state index in [-0.39, 0.29) is 5.97 Å². The van der Waals surface area contributed by atoms with Gasteiger partial charge in [0, 0.05) is 28.8 Å². The standard InChI is InChI=1S/C17H22BrNO2/c1-13(17(20)21-2)11-14-12-15(18)7-8-16(14)19-9-5-3-4-6-10-19/h7-8,11-12H,3-6,9-10H2,1-2H3/b13-11+. The van der Waals surface area contributed by atoms with Gasteiger partial charge in [-0.05, 0) is 49.6 Å². The molecule has 0 radical (unpaired) electrons. The number of hydrogen-bond donors (Lipinski definition) is 0. The number of carbonyl (C=O) groups excluding carboxylic acids is 1. The fourth-order valence-electron chi connectivity index (χ4n) is 2.69. The van der Waals surface area contributed by atoms with E-state index in [1.54, 1.807) is 6.92 Å². The highest BCUT2D eigenvalue weighted by atomic mass is 79.9. The number of benzene rings is 1. The third kappa shape index (κ3) is 4.34. The van der Waals surface area contributed by atoms with E-state index in [0.29, 0.717) is 5.57 Å². The smallest absolute Gasteiger partial charge is 0.333 e. The Kier molecular flexibility index (Phi) is 5.85. The lowest BCUT2D eigenvalue weighted by Crippen LogP contribution is -2.24. The first-order valence-corrected chi connectivity index (χ1v) is 8.22. The summed E-state index contributed by atoms with van der Waals surface area (Å²) in [7, 11) is 1.41. The van der Waals surface area contributed by atoms with Crippen molar-refractivity contribution in [2.45, 2.75) is 32.6 Å². The van der Waals surface area contributed by atoms with Crippen molar-refractivity contribution in [3.63, 3.8) is 0 Å². The predicted octanol–water partition coefficient (Wildman–Crippen LogP) is 4.41. The van der Waals surface area contributed by atoms with E-state index in [0.717, 1.165) is 23.1 Å². The molecule has 3 nitrogen and oxygen atoms in total. The second-order valence-electron chi connectivity index (χ2n) is 5.42. The first-order chi connectivity index (χ1) is 10.1. The average Bonchev–Trinajstić information content (AvgIpc) is 2.75. The SMILES string of the molecule is COC(=O)/C(C)=C/c1cc(Br)ccc1N1CCCCCC1. The molecule has 4 heteroatoms. The second kappa shape index (κ2) is 7.64. The second-order valence-corrected chi connectivity index (χ2v) is 6.34. The number of anilines is 1. The molecule has 1 heterocycles. The van der Waals surface area contributed by atoms with Crippen LogP contribution in [0.3, 0.4) is 0 Å². The largest absolute Gasteiger partial charge is 0.466 e. The lowest BCUT2D eigenvalue weighted by Gasteiger charge is -2.25. The number of halogens is 1. The van der Waals surface area contributed by atoms with Crippen LogP contribution in [0.4, 0.5) is 5.69 Å². The van der Waals surface area contributed by atoms with Crippen molar-refractivity contribution in [1.82, 2.24) is 0 Å². The summed E-state index contributed by atoms with van der Waals surface area (Å²) in [5, 5.41) is 0. The van der Waals surface area contributed by atoms with E-state index in [4.69, 9.17) is 4.74 Å². The molecular weight excluding hydrogens is 330 g/mol. The normalized spacial score (nSPS) is 16.5. The Morgan fingerprint density at radius 1 is 1.24 bits per heavy atom. The molecule has 2 rings (SSSR count). The molecular formula is C17H22BrNO2. The summed E-state index contributed by atoms with van der Waals surface area (Å²) >= 11 is 3.52. The quantitative estimate of drug-likeness (QED) is 0.596. The Bertz CT molecular complexity index is 532. The highest BCUT2D eigenvalue weighted by Gasteiger charge is 2.14. The average molecular weight is 352 g/mol. The molecule has 0 amide bonds. The minimum atomic E-state index is -0.281. The van der Waals surface area contributed by atoms with Crippen LogP contribution in [0.25, 0.3) is 6.08 Å². The molecule has 114 valence electrons. The molecule has 0 spiro atoms. The van der Waals surface area contributed by atoms with Crippen LogP contribution in [0.1, 0.15) is 38.2 Å². The summed E-state index contributed by atoms with van der Waals surface area (Å²) in [6, 6.07) is 6.25. The van der Waals surface area contributed by atoms with Gasteiger partial charge in [0.25, 0.3) is 0 Å². The van der Waals surface area contributed by atoms with Gasteiger partial charge in [0.1, 0.15) is 0 Å². The number of rotatable bonds is 3. The van der Waals surface area contributed by atoms with Crippen molar-refractivity contribution in [3.8, 4) is 0 Å². The molecule has 0 saturated carbocycles. The number of nitrogens with zero attached hydrogens (tertiary/aromatic N) is 1. The highest BCUT2D eigenvalue weighted by molar-refractivity contribution is 9.10. The molecule has 1 saturated heterocycles. The van der Waals surface area contributed by atoms with Gasteiger partial charge in [0.2, 0.25) is 0 Å². The number of methoxy groups -OCH3 is 1. The summed E-state index contributed by atoms with van der Waals surface area (Å²) in [6.07, 6.45) is 6.99. The maximum absolute atomic E-state index is 11.6. The molecule has 1 aliphatic heterocycles. The van der Waals surface area contributed by atoms with Crippen molar-refractivity contribution in [2.24, 2.45) is 0 Å². The van der Waals surface area contributed by atoms with Gasteiger partial charge in [0.15, 0.2) is 0 Å². The van der Waals surface area contributed by atoms with Crippen LogP contribution in [-0.2, 0) is 9.53 Å². The number of ether oxygens (including phenoxy) is 1. The summed E-state index contributed by atoms with van der Waals surface area (Å²) in [5.74, 6) is -0.281. The Hall–Kier alpha value is -1.29. The lowest BCUT2D eigenvalue weighted by atomic mass is 10.1. The highest BCUT2D eigenvalue weighted by Crippen LogP contribution is 2.28. The Morgan fingerprint density at radius 3 is 2.52 bits per heavy atom. The number of hydrogen-bond acceptors (Lipinski definition) is 3. The van der Waals surface area contributed by atoms with E-state index >= 15 is 0 Å². The molecule has 1 aliphatic rings.